The Morgan fingerprint density at radius 1 is 1.44 bits per heavy atom. The number of hydrogen-bond acceptors (Lipinski definition) is 2. The monoisotopic (exact) mass is 298 g/mol. The Morgan fingerprint density at radius 3 is 2.88 bits per heavy atom. The van der Waals surface area contributed by atoms with E-state index in [1.165, 1.54) is 18.6 Å². The SMILES string of the molecule is O=CC(c1ccccc1Br)C1CCCSC1. The van der Waals surface area contributed by atoms with E-state index in [1.54, 1.807) is 0 Å². The van der Waals surface area contributed by atoms with Gasteiger partial charge in [0.05, 0.1) is 0 Å². The molecule has 0 radical (unpaired) electrons. The summed E-state index contributed by atoms with van der Waals surface area (Å²) >= 11 is 5.51. The average Bonchev–Trinajstić information content (AvgIpc) is 2.34. The second-order valence-corrected chi connectivity index (χ2v) is 6.16. The highest BCUT2D eigenvalue weighted by molar-refractivity contribution is 9.10. The van der Waals surface area contributed by atoms with Crippen molar-refractivity contribution >= 4 is 34.0 Å². The first-order chi connectivity index (χ1) is 7.83. The molecule has 1 aromatic carbocycles. The summed E-state index contributed by atoms with van der Waals surface area (Å²) in [5, 5.41) is 0. The van der Waals surface area contributed by atoms with Crippen molar-refractivity contribution in [2.45, 2.75) is 18.8 Å². The molecule has 2 atom stereocenters. The van der Waals surface area contributed by atoms with Crippen LogP contribution < -0.4 is 0 Å². The van der Waals surface area contributed by atoms with Crippen LogP contribution in [0.1, 0.15) is 24.3 Å². The molecule has 0 bridgehead atoms. The molecule has 1 fully saturated rings. The smallest absolute Gasteiger partial charge is 0.127 e. The third-order valence-corrected chi connectivity index (χ3v) is 5.08. The summed E-state index contributed by atoms with van der Waals surface area (Å²) in [6.45, 7) is 0. The van der Waals surface area contributed by atoms with Crippen LogP contribution in [0.4, 0.5) is 0 Å². The molecule has 0 N–H and O–H groups in total. The van der Waals surface area contributed by atoms with Gasteiger partial charge >= 0.3 is 0 Å². The fourth-order valence-corrected chi connectivity index (χ4v) is 4.00. The number of aldehydes is 1. The second kappa shape index (κ2) is 5.87. The highest BCUT2D eigenvalue weighted by atomic mass is 79.9. The van der Waals surface area contributed by atoms with Crippen molar-refractivity contribution in [2.24, 2.45) is 5.92 Å². The van der Waals surface area contributed by atoms with Gasteiger partial charge in [-0.1, -0.05) is 34.1 Å². The maximum Gasteiger partial charge on any atom is 0.127 e. The molecule has 2 unspecified atom stereocenters. The quantitative estimate of drug-likeness (QED) is 0.788. The van der Waals surface area contributed by atoms with Crippen LogP contribution in [0.5, 0.6) is 0 Å². The molecule has 0 aliphatic carbocycles. The first kappa shape index (κ1) is 12.2. The molecule has 2 rings (SSSR count). The number of carbonyl (C=O) groups is 1. The lowest BCUT2D eigenvalue weighted by Crippen LogP contribution is -2.20. The molecular weight excluding hydrogens is 284 g/mol. The van der Waals surface area contributed by atoms with Crippen LogP contribution in [0.2, 0.25) is 0 Å². The lowest BCUT2D eigenvalue weighted by atomic mass is 9.85. The first-order valence-electron chi connectivity index (χ1n) is 5.60. The van der Waals surface area contributed by atoms with E-state index in [0.29, 0.717) is 5.92 Å². The lowest BCUT2D eigenvalue weighted by molar-refractivity contribution is -0.110. The molecule has 1 heterocycles. The van der Waals surface area contributed by atoms with Crippen molar-refractivity contribution < 1.29 is 4.79 Å². The van der Waals surface area contributed by atoms with Gasteiger partial charge < -0.3 is 4.79 Å². The summed E-state index contributed by atoms with van der Waals surface area (Å²) in [5.74, 6) is 2.93. The van der Waals surface area contributed by atoms with E-state index >= 15 is 0 Å². The first-order valence-corrected chi connectivity index (χ1v) is 7.55. The van der Waals surface area contributed by atoms with Crippen LogP contribution in [0.15, 0.2) is 28.7 Å². The molecule has 16 heavy (non-hydrogen) atoms. The zero-order chi connectivity index (χ0) is 11.4. The van der Waals surface area contributed by atoms with E-state index in [0.717, 1.165) is 22.1 Å². The topological polar surface area (TPSA) is 17.1 Å². The van der Waals surface area contributed by atoms with Crippen molar-refractivity contribution in [1.29, 1.82) is 0 Å². The number of rotatable bonds is 3. The van der Waals surface area contributed by atoms with Crippen molar-refractivity contribution in [3.8, 4) is 0 Å². The van der Waals surface area contributed by atoms with Gasteiger partial charge in [-0.3, -0.25) is 0 Å². The number of halogens is 1. The van der Waals surface area contributed by atoms with Gasteiger partial charge in [-0.15, -0.1) is 0 Å². The molecule has 1 saturated heterocycles. The third-order valence-electron chi connectivity index (χ3n) is 3.11. The largest absolute Gasteiger partial charge is 0.303 e. The lowest BCUT2D eigenvalue weighted by Gasteiger charge is -2.27. The maximum absolute atomic E-state index is 11.3. The Bertz CT molecular complexity index is 361. The predicted molar refractivity (Wildman–Crippen MR) is 73.0 cm³/mol. The van der Waals surface area contributed by atoms with E-state index in [-0.39, 0.29) is 5.92 Å². The minimum atomic E-state index is 0.0587. The number of hydrogen-bond donors (Lipinski definition) is 0. The number of benzene rings is 1. The molecule has 86 valence electrons. The van der Waals surface area contributed by atoms with Gasteiger partial charge in [0.15, 0.2) is 0 Å². The Labute approximate surface area is 109 Å². The zero-order valence-corrected chi connectivity index (χ0v) is 11.5. The fourth-order valence-electron chi connectivity index (χ4n) is 2.23. The molecule has 1 aliphatic rings. The van der Waals surface area contributed by atoms with Gasteiger partial charge in [0.1, 0.15) is 6.29 Å². The average molecular weight is 299 g/mol. The Hall–Kier alpha value is -0.280. The van der Waals surface area contributed by atoms with Crippen LogP contribution in [0, 0.1) is 5.92 Å². The molecule has 3 heteroatoms. The van der Waals surface area contributed by atoms with Crippen molar-refractivity contribution in [3.63, 3.8) is 0 Å². The summed E-state index contributed by atoms with van der Waals surface area (Å²) in [6.07, 6.45) is 3.54. The van der Waals surface area contributed by atoms with E-state index in [2.05, 4.69) is 22.0 Å². The molecule has 0 amide bonds. The summed E-state index contributed by atoms with van der Waals surface area (Å²) < 4.78 is 1.06. The van der Waals surface area contributed by atoms with Gasteiger partial charge in [-0.2, -0.15) is 11.8 Å². The third kappa shape index (κ3) is 2.69. The number of carbonyl (C=O) groups excluding carboxylic acids is 1. The highest BCUT2D eigenvalue weighted by Gasteiger charge is 2.26. The predicted octanol–water partition coefficient (Wildman–Crippen LogP) is 3.87. The van der Waals surface area contributed by atoms with E-state index in [1.807, 2.05) is 30.0 Å². The van der Waals surface area contributed by atoms with Gasteiger partial charge in [0.25, 0.3) is 0 Å². The van der Waals surface area contributed by atoms with Gasteiger partial charge in [0, 0.05) is 10.4 Å². The summed E-state index contributed by atoms with van der Waals surface area (Å²) in [7, 11) is 0. The molecule has 1 aliphatic heterocycles. The van der Waals surface area contributed by atoms with E-state index in [9.17, 15) is 4.79 Å². The highest BCUT2D eigenvalue weighted by Crippen LogP contribution is 2.36. The van der Waals surface area contributed by atoms with E-state index in [4.69, 9.17) is 0 Å². The molecule has 0 aromatic heterocycles. The summed E-state index contributed by atoms with van der Waals surface area (Å²) in [5.41, 5.74) is 1.14. The Balaban J connectivity index is 2.21. The van der Waals surface area contributed by atoms with Crippen LogP contribution in [0.25, 0.3) is 0 Å². The zero-order valence-electron chi connectivity index (χ0n) is 9.06. The van der Waals surface area contributed by atoms with Gasteiger partial charge in [-0.05, 0) is 41.9 Å². The van der Waals surface area contributed by atoms with Crippen LogP contribution in [-0.4, -0.2) is 17.8 Å². The van der Waals surface area contributed by atoms with Gasteiger partial charge in [-0.25, -0.2) is 0 Å². The molecule has 0 saturated carbocycles. The van der Waals surface area contributed by atoms with Crippen molar-refractivity contribution in [2.75, 3.05) is 11.5 Å². The molecule has 1 nitrogen and oxygen atoms in total. The van der Waals surface area contributed by atoms with Crippen LogP contribution in [-0.2, 0) is 4.79 Å². The maximum atomic E-state index is 11.3. The van der Waals surface area contributed by atoms with Gasteiger partial charge in [0.2, 0.25) is 0 Å². The van der Waals surface area contributed by atoms with Crippen LogP contribution in [0.3, 0.4) is 0 Å². The standard InChI is InChI=1S/C13H15BrOS/c14-13-6-2-1-5-11(13)12(8-15)10-4-3-7-16-9-10/h1-2,5-6,8,10,12H,3-4,7,9H2. The Morgan fingerprint density at radius 2 is 2.25 bits per heavy atom. The Kier molecular flexibility index (Phi) is 4.47. The van der Waals surface area contributed by atoms with Crippen molar-refractivity contribution in [3.05, 3.63) is 34.3 Å². The minimum absolute atomic E-state index is 0.0587. The van der Waals surface area contributed by atoms with Crippen LogP contribution >= 0.6 is 27.7 Å². The molecular formula is C13H15BrOS. The van der Waals surface area contributed by atoms with Crippen molar-refractivity contribution in [1.82, 2.24) is 0 Å². The normalized spacial score (nSPS) is 22.7. The second-order valence-electron chi connectivity index (χ2n) is 4.16. The summed E-state index contributed by atoms with van der Waals surface area (Å²) in [6, 6.07) is 8.07. The minimum Gasteiger partial charge on any atom is -0.303 e. The molecule has 0 spiro atoms. The van der Waals surface area contributed by atoms with E-state index < -0.39 is 0 Å². The molecule has 1 aromatic rings. The number of thioether (sulfide) groups is 1. The summed E-state index contributed by atoms with van der Waals surface area (Å²) in [4.78, 5) is 11.3. The fraction of sp³-hybridized carbons (Fsp3) is 0.462.